The third-order valence-corrected chi connectivity index (χ3v) is 5.74. The number of halogens is 1. The molecule has 1 amide bonds. The summed E-state index contributed by atoms with van der Waals surface area (Å²) in [5, 5.41) is 2.74. The van der Waals surface area contributed by atoms with Crippen LogP contribution in [0, 0.1) is 0 Å². The molecule has 8 nitrogen and oxygen atoms in total. The maximum Gasteiger partial charge on any atom is 0.264 e. The van der Waals surface area contributed by atoms with Gasteiger partial charge in [-0.3, -0.25) is 4.79 Å². The van der Waals surface area contributed by atoms with E-state index in [-0.39, 0.29) is 23.2 Å². The summed E-state index contributed by atoms with van der Waals surface area (Å²) in [6.45, 7) is 0.416. The van der Waals surface area contributed by atoms with E-state index in [4.69, 9.17) is 4.74 Å². The Bertz CT molecular complexity index is 1080. The van der Waals surface area contributed by atoms with E-state index in [1.807, 2.05) is 24.3 Å². The molecule has 0 spiro atoms. The molecular weight excluding hydrogens is 472 g/mol. The topological polar surface area (TPSA) is 110 Å². The number of sulfonamides is 1. The summed E-state index contributed by atoms with van der Waals surface area (Å²) in [5.74, 6) is 0.547. The van der Waals surface area contributed by atoms with E-state index < -0.39 is 10.0 Å². The number of hydrogen-bond donors (Lipinski definition) is 2. The summed E-state index contributed by atoms with van der Waals surface area (Å²) in [6.07, 6.45) is 3.71. The maximum atomic E-state index is 12.4. The molecule has 0 aliphatic rings. The number of carbonyl (C=O) groups excluding carboxylic acids is 1. The Morgan fingerprint density at radius 1 is 1.00 bits per heavy atom. The predicted molar refractivity (Wildman–Crippen MR) is 117 cm³/mol. The number of nitrogens with one attached hydrogen (secondary N) is 2. The molecule has 1 heterocycles. The zero-order chi connectivity index (χ0) is 21.4. The monoisotopic (exact) mass is 490 g/mol. The van der Waals surface area contributed by atoms with Crippen LogP contribution in [0.1, 0.15) is 12.8 Å². The van der Waals surface area contributed by atoms with Gasteiger partial charge in [-0.2, -0.15) is 0 Å². The van der Waals surface area contributed by atoms with Gasteiger partial charge in [0.15, 0.2) is 0 Å². The molecule has 1 aromatic heterocycles. The highest BCUT2D eigenvalue weighted by molar-refractivity contribution is 9.10. The zero-order valence-electron chi connectivity index (χ0n) is 15.8. The number of nitrogens with zero attached hydrogens (tertiary/aromatic N) is 2. The van der Waals surface area contributed by atoms with Gasteiger partial charge in [-0.05, 0) is 61.0 Å². The van der Waals surface area contributed by atoms with Crippen molar-refractivity contribution in [3.63, 3.8) is 0 Å². The molecule has 0 saturated heterocycles. The summed E-state index contributed by atoms with van der Waals surface area (Å²) >= 11 is 3.36. The number of carbonyl (C=O) groups is 1. The van der Waals surface area contributed by atoms with Crippen LogP contribution in [0.15, 0.2) is 76.4 Å². The first-order valence-electron chi connectivity index (χ1n) is 9.00. The smallest absolute Gasteiger partial charge is 0.264 e. The fourth-order valence-electron chi connectivity index (χ4n) is 2.43. The summed E-state index contributed by atoms with van der Waals surface area (Å²) < 4.78 is 33.5. The molecule has 2 N–H and O–H groups in total. The molecule has 0 bridgehead atoms. The first kappa shape index (κ1) is 21.7. The lowest BCUT2D eigenvalue weighted by Crippen LogP contribution is -2.15. The molecule has 0 radical (unpaired) electrons. The molecule has 3 rings (SSSR count). The number of ether oxygens (including phenoxy) is 1. The van der Waals surface area contributed by atoms with Gasteiger partial charge in [0.25, 0.3) is 10.0 Å². The van der Waals surface area contributed by atoms with Crippen LogP contribution in [0.4, 0.5) is 11.6 Å². The standard InChI is InChI=1S/C20H19BrN4O4S/c21-15-4-8-17(9-5-15)29-14-1-3-19(26)24-16-6-10-18(11-7-16)30(27,28)25-20-22-12-2-13-23-20/h2,4-13H,1,3,14H2,(H,24,26)(H,22,23,25). The Hall–Kier alpha value is -2.98. The Morgan fingerprint density at radius 3 is 2.33 bits per heavy atom. The fourth-order valence-corrected chi connectivity index (χ4v) is 3.65. The van der Waals surface area contributed by atoms with Crippen LogP contribution in [-0.2, 0) is 14.8 Å². The third-order valence-electron chi connectivity index (χ3n) is 3.87. The number of rotatable bonds is 9. The van der Waals surface area contributed by atoms with Gasteiger partial charge >= 0.3 is 0 Å². The van der Waals surface area contributed by atoms with E-state index in [1.54, 1.807) is 6.07 Å². The van der Waals surface area contributed by atoms with Gasteiger partial charge in [0, 0.05) is 29.0 Å². The highest BCUT2D eigenvalue weighted by atomic mass is 79.9. The van der Waals surface area contributed by atoms with Gasteiger partial charge in [0.05, 0.1) is 11.5 Å². The Labute approximate surface area is 182 Å². The molecule has 30 heavy (non-hydrogen) atoms. The van der Waals surface area contributed by atoms with Crippen LogP contribution in [0.25, 0.3) is 0 Å². The van der Waals surface area contributed by atoms with Crippen molar-refractivity contribution in [2.75, 3.05) is 16.6 Å². The van der Waals surface area contributed by atoms with E-state index >= 15 is 0 Å². The van der Waals surface area contributed by atoms with Gasteiger partial charge in [0.1, 0.15) is 5.75 Å². The molecule has 3 aromatic rings. The largest absolute Gasteiger partial charge is 0.494 e. The van der Waals surface area contributed by atoms with Crippen molar-refractivity contribution in [3.05, 3.63) is 71.5 Å². The van der Waals surface area contributed by atoms with Crippen LogP contribution in [-0.4, -0.2) is 30.9 Å². The minimum absolute atomic E-state index is 0.0137. The molecule has 0 fully saturated rings. The maximum absolute atomic E-state index is 12.4. The Balaban J connectivity index is 1.46. The fraction of sp³-hybridized carbons (Fsp3) is 0.150. The Kier molecular flexibility index (Phi) is 7.36. The van der Waals surface area contributed by atoms with Gasteiger partial charge in [-0.25, -0.2) is 23.1 Å². The van der Waals surface area contributed by atoms with Crippen LogP contribution in [0.2, 0.25) is 0 Å². The highest BCUT2D eigenvalue weighted by Crippen LogP contribution is 2.18. The number of anilines is 2. The molecule has 0 saturated carbocycles. The minimum atomic E-state index is -3.81. The normalized spacial score (nSPS) is 11.0. The third kappa shape index (κ3) is 6.53. The quantitative estimate of drug-likeness (QED) is 0.440. The van der Waals surface area contributed by atoms with Crippen molar-refractivity contribution in [3.8, 4) is 5.75 Å². The Morgan fingerprint density at radius 2 is 1.67 bits per heavy atom. The molecule has 2 aromatic carbocycles. The molecule has 0 atom stereocenters. The van der Waals surface area contributed by atoms with Crippen LogP contribution in [0.5, 0.6) is 5.75 Å². The molecule has 0 aliphatic heterocycles. The first-order valence-corrected chi connectivity index (χ1v) is 11.3. The minimum Gasteiger partial charge on any atom is -0.494 e. The second-order valence-corrected chi connectivity index (χ2v) is 8.75. The van der Waals surface area contributed by atoms with Crippen molar-refractivity contribution >= 4 is 43.5 Å². The number of aromatic nitrogens is 2. The summed E-state index contributed by atoms with van der Waals surface area (Å²) in [4.78, 5) is 19.8. The van der Waals surface area contributed by atoms with Crippen molar-refractivity contribution in [1.29, 1.82) is 0 Å². The van der Waals surface area contributed by atoms with Crippen LogP contribution < -0.4 is 14.8 Å². The second-order valence-electron chi connectivity index (χ2n) is 6.16. The van der Waals surface area contributed by atoms with Gasteiger partial charge in [-0.1, -0.05) is 15.9 Å². The number of hydrogen-bond acceptors (Lipinski definition) is 6. The van der Waals surface area contributed by atoms with Crippen molar-refractivity contribution < 1.29 is 17.9 Å². The zero-order valence-corrected chi connectivity index (χ0v) is 18.2. The number of benzene rings is 2. The number of amides is 1. The molecule has 10 heteroatoms. The summed E-state index contributed by atoms with van der Waals surface area (Å²) in [5.41, 5.74) is 0.503. The van der Waals surface area contributed by atoms with Gasteiger partial charge < -0.3 is 10.1 Å². The summed E-state index contributed by atoms with van der Waals surface area (Å²) in [7, 11) is -3.81. The van der Waals surface area contributed by atoms with Crippen molar-refractivity contribution in [1.82, 2.24) is 9.97 Å². The molecule has 0 unspecified atom stereocenters. The first-order chi connectivity index (χ1) is 14.4. The van der Waals surface area contributed by atoms with E-state index in [9.17, 15) is 13.2 Å². The van der Waals surface area contributed by atoms with Crippen LogP contribution in [0.3, 0.4) is 0 Å². The highest BCUT2D eigenvalue weighted by Gasteiger charge is 2.15. The van der Waals surface area contributed by atoms with Gasteiger partial charge in [-0.15, -0.1) is 0 Å². The second kappa shape index (κ2) is 10.2. The van der Waals surface area contributed by atoms with Crippen LogP contribution >= 0.6 is 15.9 Å². The van der Waals surface area contributed by atoms with Gasteiger partial charge in [0.2, 0.25) is 11.9 Å². The van der Waals surface area contributed by atoms with Crippen molar-refractivity contribution in [2.24, 2.45) is 0 Å². The lowest BCUT2D eigenvalue weighted by atomic mass is 10.2. The van der Waals surface area contributed by atoms with E-state index in [0.717, 1.165) is 10.2 Å². The molecular formula is C20H19BrN4O4S. The average Bonchev–Trinajstić information content (AvgIpc) is 2.73. The average molecular weight is 491 g/mol. The van der Waals surface area contributed by atoms with E-state index in [0.29, 0.717) is 18.7 Å². The lowest BCUT2D eigenvalue weighted by Gasteiger charge is -2.09. The van der Waals surface area contributed by atoms with E-state index in [1.165, 1.54) is 36.7 Å². The van der Waals surface area contributed by atoms with Crippen molar-refractivity contribution in [2.45, 2.75) is 17.7 Å². The lowest BCUT2D eigenvalue weighted by molar-refractivity contribution is -0.116. The predicted octanol–water partition coefficient (Wildman–Crippen LogP) is 3.84. The van der Waals surface area contributed by atoms with E-state index in [2.05, 4.69) is 35.9 Å². The summed E-state index contributed by atoms with van der Waals surface area (Å²) in [6, 6.07) is 14.9. The molecule has 0 aliphatic carbocycles. The molecule has 156 valence electrons. The SMILES string of the molecule is O=C(CCCOc1ccc(Br)cc1)Nc1ccc(S(=O)(=O)Nc2ncccn2)cc1.